The molecule has 0 saturated heterocycles. The lowest BCUT2D eigenvalue weighted by molar-refractivity contribution is 0.102. The van der Waals surface area contributed by atoms with E-state index < -0.39 is 15.9 Å². The van der Waals surface area contributed by atoms with Gasteiger partial charge < -0.3 is 0 Å². The summed E-state index contributed by atoms with van der Waals surface area (Å²) in [4.78, 5) is 12.9. The van der Waals surface area contributed by atoms with Crippen LogP contribution in [0.25, 0.3) is 10.6 Å². The van der Waals surface area contributed by atoms with Crippen LogP contribution in [-0.2, 0) is 10.0 Å². The summed E-state index contributed by atoms with van der Waals surface area (Å²) >= 11 is 1.24. The minimum Gasteiger partial charge on any atom is -0.296 e. The molecule has 1 amide bonds. The van der Waals surface area contributed by atoms with Crippen molar-refractivity contribution >= 4 is 38.1 Å². The van der Waals surface area contributed by atoms with Gasteiger partial charge in [-0.15, -0.1) is 10.2 Å². The maximum Gasteiger partial charge on any atom is 0.262 e. The van der Waals surface area contributed by atoms with Crippen molar-refractivity contribution in [2.75, 3.05) is 10.0 Å². The van der Waals surface area contributed by atoms with Gasteiger partial charge in [0.1, 0.15) is 5.01 Å². The molecule has 2 N–H and O–H groups in total. The van der Waals surface area contributed by atoms with Crippen molar-refractivity contribution in [3.8, 4) is 10.6 Å². The first kappa shape index (κ1) is 22.6. The van der Waals surface area contributed by atoms with Gasteiger partial charge >= 0.3 is 0 Å². The Hall–Kier alpha value is -3.56. The molecule has 0 aliphatic carbocycles. The third-order valence-electron chi connectivity index (χ3n) is 5.04. The zero-order valence-corrected chi connectivity index (χ0v) is 19.9. The molecule has 7 nitrogen and oxygen atoms in total. The highest BCUT2D eigenvalue weighted by molar-refractivity contribution is 7.92. The first-order valence-corrected chi connectivity index (χ1v) is 12.4. The lowest BCUT2D eigenvalue weighted by Crippen LogP contribution is -2.17. The van der Waals surface area contributed by atoms with E-state index in [2.05, 4.69) is 20.2 Å². The normalized spacial score (nSPS) is 11.2. The van der Waals surface area contributed by atoms with E-state index in [1.165, 1.54) is 17.4 Å². The van der Waals surface area contributed by atoms with E-state index in [0.717, 1.165) is 16.7 Å². The van der Waals surface area contributed by atoms with Crippen molar-refractivity contribution in [2.24, 2.45) is 0 Å². The van der Waals surface area contributed by atoms with Gasteiger partial charge in [0.15, 0.2) is 0 Å². The van der Waals surface area contributed by atoms with E-state index in [1.54, 1.807) is 25.1 Å². The number of hydrogen-bond donors (Lipinski definition) is 2. The fourth-order valence-corrected chi connectivity index (χ4v) is 5.35. The molecule has 1 heterocycles. The number of benzene rings is 3. The lowest BCUT2D eigenvalue weighted by atomic mass is 10.1. The second-order valence-electron chi connectivity index (χ2n) is 7.64. The summed E-state index contributed by atoms with van der Waals surface area (Å²) in [6.45, 7) is 5.42. The van der Waals surface area contributed by atoms with Crippen molar-refractivity contribution in [3.63, 3.8) is 0 Å². The molecular formula is C24H22N4O3S2. The van der Waals surface area contributed by atoms with Gasteiger partial charge in [0.05, 0.1) is 10.6 Å². The van der Waals surface area contributed by atoms with E-state index in [4.69, 9.17) is 0 Å². The van der Waals surface area contributed by atoms with Crippen LogP contribution in [0.2, 0.25) is 0 Å². The minimum atomic E-state index is -3.90. The smallest absolute Gasteiger partial charge is 0.262 e. The van der Waals surface area contributed by atoms with E-state index in [0.29, 0.717) is 21.4 Å². The van der Waals surface area contributed by atoms with Gasteiger partial charge in [-0.1, -0.05) is 59.9 Å². The zero-order chi connectivity index (χ0) is 23.6. The monoisotopic (exact) mass is 478 g/mol. The number of carbonyl (C=O) groups is 1. The maximum atomic E-state index is 13.1. The minimum absolute atomic E-state index is 0.0401. The van der Waals surface area contributed by atoms with Crippen LogP contribution in [0.4, 0.5) is 10.8 Å². The average molecular weight is 479 g/mol. The molecule has 0 atom stereocenters. The highest BCUT2D eigenvalue weighted by atomic mass is 32.2. The van der Waals surface area contributed by atoms with Crippen LogP contribution in [0, 0.1) is 20.8 Å². The highest BCUT2D eigenvalue weighted by Crippen LogP contribution is 2.27. The Kier molecular flexibility index (Phi) is 6.26. The van der Waals surface area contributed by atoms with E-state index >= 15 is 0 Å². The molecule has 0 fully saturated rings. The number of rotatable bonds is 6. The van der Waals surface area contributed by atoms with E-state index in [-0.39, 0.29) is 10.5 Å². The molecule has 0 saturated carbocycles. The number of sulfonamides is 1. The molecule has 3 aromatic carbocycles. The molecule has 0 aliphatic heterocycles. The van der Waals surface area contributed by atoms with Crippen LogP contribution >= 0.6 is 11.3 Å². The van der Waals surface area contributed by atoms with Gasteiger partial charge in [-0.05, 0) is 55.7 Å². The van der Waals surface area contributed by atoms with Crippen LogP contribution < -0.4 is 10.0 Å². The van der Waals surface area contributed by atoms with Crippen LogP contribution in [-0.4, -0.2) is 24.5 Å². The van der Waals surface area contributed by atoms with Crippen molar-refractivity contribution in [3.05, 3.63) is 89.0 Å². The zero-order valence-electron chi connectivity index (χ0n) is 18.3. The van der Waals surface area contributed by atoms with Gasteiger partial charge in [-0.25, -0.2) is 8.42 Å². The van der Waals surface area contributed by atoms with Gasteiger partial charge in [-0.2, -0.15) is 0 Å². The summed E-state index contributed by atoms with van der Waals surface area (Å²) in [5, 5.41) is 11.9. The van der Waals surface area contributed by atoms with Crippen LogP contribution in [0.3, 0.4) is 0 Å². The summed E-state index contributed by atoms with van der Waals surface area (Å²) in [5.41, 5.74) is 3.89. The predicted molar refractivity (Wildman–Crippen MR) is 131 cm³/mol. The number of amides is 1. The number of nitrogens with zero attached hydrogens (tertiary/aromatic N) is 2. The van der Waals surface area contributed by atoms with Crippen molar-refractivity contribution < 1.29 is 13.2 Å². The van der Waals surface area contributed by atoms with Gasteiger partial charge in [0.25, 0.3) is 15.9 Å². The highest BCUT2D eigenvalue weighted by Gasteiger charge is 2.21. The fourth-order valence-electron chi connectivity index (χ4n) is 3.22. The summed E-state index contributed by atoms with van der Waals surface area (Å²) in [6, 6.07) is 19.6. The second kappa shape index (κ2) is 9.13. The first-order chi connectivity index (χ1) is 15.7. The molecule has 9 heteroatoms. The van der Waals surface area contributed by atoms with Crippen molar-refractivity contribution in [2.45, 2.75) is 25.7 Å². The summed E-state index contributed by atoms with van der Waals surface area (Å²) in [5.74, 6) is -0.464. The number of nitrogens with one attached hydrogen (secondary N) is 2. The Morgan fingerprint density at radius 1 is 0.879 bits per heavy atom. The molecule has 0 aliphatic rings. The lowest BCUT2D eigenvalue weighted by Gasteiger charge is -2.14. The molecule has 33 heavy (non-hydrogen) atoms. The maximum absolute atomic E-state index is 13.1. The molecule has 0 radical (unpaired) electrons. The molecule has 1 aromatic heterocycles. The number of aryl methyl sites for hydroxylation is 3. The molecule has 168 valence electrons. The standard InChI is InChI=1S/C24H22N4O3S2/c1-15-9-10-16(2)20(13-15)28-33(30,31)21-14-19(12-11-17(21)3)22(29)25-24-27-26-23(32-24)18-7-5-4-6-8-18/h4-14,28H,1-3H3,(H,25,27,29). The molecule has 0 unspecified atom stereocenters. The van der Waals surface area contributed by atoms with Gasteiger partial charge in [-0.3, -0.25) is 14.8 Å². The largest absolute Gasteiger partial charge is 0.296 e. The second-order valence-corrected chi connectivity index (χ2v) is 10.3. The summed E-state index contributed by atoms with van der Waals surface area (Å²) in [7, 11) is -3.90. The quantitative estimate of drug-likeness (QED) is 0.397. The molecule has 0 spiro atoms. The van der Waals surface area contributed by atoms with Crippen molar-refractivity contribution in [1.82, 2.24) is 10.2 Å². The third kappa shape index (κ3) is 5.10. The Labute approximate surface area is 196 Å². The Morgan fingerprint density at radius 2 is 1.61 bits per heavy atom. The van der Waals surface area contributed by atoms with Gasteiger partial charge in [0.2, 0.25) is 5.13 Å². The first-order valence-electron chi connectivity index (χ1n) is 10.1. The molecule has 0 bridgehead atoms. The number of anilines is 2. The SMILES string of the molecule is Cc1ccc(C)c(NS(=O)(=O)c2cc(C(=O)Nc3nnc(-c4ccccc4)s3)ccc2C)c1. The third-order valence-corrected chi connectivity index (χ3v) is 7.44. The number of aromatic nitrogens is 2. The Morgan fingerprint density at radius 3 is 2.36 bits per heavy atom. The molecule has 4 rings (SSSR count). The van der Waals surface area contributed by atoms with E-state index in [9.17, 15) is 13.2 Å². The fraction of sp³-hybridized carbons (Fsp3) is 0.125. The predicted octanol–water partition coefficient (Wildman–Crippen LogP) is 5.18. The number of carbonyl (C=O) groups excluding carboxylic acids is 1. The Balaban J connectivity index is 1.57. The van der Waals surface area contributed by atoms with Crippen LogP contribution in [0.1, 0.15) is 27.0 Å². The number of hydrogen-bond acceptors (Lipinski definition) is 6. The van der Waals surface area contributed by atoms with Gasteiger partial charge in [0, 0.05) is 11.1 Å². The summed E-state index contributed by atoms with van der Waals surface area (Å²) < 4.78 is 28.9. The molecule has 4 aromatic rings. The van der Waals surface area contributed by atoms with Crippen molar-refractivity contribution in [1.29, 1.82) is 0 Å². The average Bonchev–Trinajstić information content (AvgIpc) is 3.25. The molecular weight excluding hydrogens is 456 g/mol. The topological polar surface area (TPSA) is 101 Å². The Bertz CT molecular complexity index is 1430. The van der Waals surface area contributed by atoms with Crippen LogP contribution in [0.15, 0.2) is 71.6 Å². The summed E-state index contributed by atoms with van der Waals surface area (Å²) in [6.07, 6.45) is 0. The van der Waals surface area contributed by atoms with Crippen LogP contribution in [0.5, 0.6) is 0 Å². The van der Waals surface area contributed by atoms with E-state index in [1.807, 2.05) is 56.3 Å².